The number of carbonyl (C=O) groups excluding carboxylic acids is 1. The Balaban J connectivity index is 2.90. The molecule has 1 rings (SSSR count). The lowest BCUT2D eigenvalue weighted by atomic mass is 10.2. The van der Waals surface area contributed by atoms with Gasteiger partial charge in [-0.25, -0.2) is 4.98 Å². The molecular formula is C11H11Cl2N3O. The van der Waals surface area contributed by atoms with Crippen molar-refractivity contribution < 1.29 is 4.79 Å². The summed E-state index contributed by atoms with van der Waals surface area (Å²) in [6, 6.07) is 0.821. The normalized spacial score (nSPS) is 11.7. The number of pyridine rings is 1. The number of nitrogens with two attached hydrogens (primary N) is 1. The Hall–Kier alpha value is -1.28. The van der Waals surface area contributed by atoms with Crippen LogP contribution in [0.15, 0.2) is 6.07 Å². The Kier molecular flexibility index (Phi) is 4.76. The number of terminal acetylenes is 1. The zero-order chi connectivity index (χ0) is 13.0. The highest BCUT2D eigenvalue weighted by Crippen LogP contribution is 2.26. The number of amides is 1. The first-order valence-corrected chi connectivity index (χ1v) is 5.54. The lowest BCUT2D eigenvalue weighted by molar-refractivity contribution is -0.117. The third-order valence-electron chi connectivity index (χ3n) is 2.06. The number of anilines is 1. The first kappa shape index (κ1) is 13.8. The van der Waals surface area contributed by atoms with E-state index in [1.54, 1.807) is 13.0 Å². The molecule has 3 N–H and O–H groups in total. The SMILES string of the molecule is C#CCC(N)C(=O)Nc1c(C)cc(Cl)nc1Cl. The third kappa shape index (κ3) is 3.60. The fourth-order valence-electron chi connectivity index (χ4n) is 1.18. The monoisotopic (exact) mass is 271 g/mol. The van der Waals surface area contributed by atoms with Gasteiger partial charge in [0, 0.05) is 6.42 Å². The number of halogens is 2. The van der Waals surface area contributed by atoms with Gasteiger partial charge in [0.2, 0.25) is 5.91 Å². The van der Waals surface area contributed by atoms with Crippen molar-refractivity contribution in [1.82, 2.24) is 4.98 Å². The summed E-state index contributed by atoms with van der Waals surface area (Å²) in [5.41, 5.74) is 6.66. The topological polar surface area (TPSA) is 68.0 Å². The van der Waals surface area contributed by atoms with Crippen LogP contribution in [0.2, 0.25) is 10.3 Å². The molecule has 4 nitrogen and oxygen atoms in total. The maximum Gasteiger partial charge on any atom is 0.242 e. The molecule has 1 amide bonds. The van der Waals surface area contributed by atoms with Gasteiger partial charge in [-0.05, 0) is 18.6 Å². The van der Waals surface area contributed by atoms with Crippen LogP contribution < -0.4 is 11.1 Å². The Bertz CT molecular complexity index is 459. The molecule has 1 aromatic heterocycles. The minimum Gasteiger partial charge on any atom is -0.322 e. The summed E-state index contributed by atoms with van der Waals surface area (Å²) >= 11 is 11.6. The van der Waals surface area contributed by atoms with Crippen molar-refractivity contribution in [1.29, 1.82) is 0 Å². The number of nitrogens with zero attached hydrogens (tertiary/aromatic N) is 1. The van der Waals surface area contributed by atoms with Crippen LogP contribution in [0.3, 0.4) is 0 Å². The number of rotatable bonds is 3. The fourth-order valence-corrected chi connectivity index (χ4v) is 1.76. The summed E-state index contributed by atoms with van der Waals surface area (Å²) in [6.07, 6.45) is 5.23. The molecule has 0 saturated heterocycles. The van der Waals surface area contributed by atoms with Crippen molar-refractivity contribution in [2.24, 2.45) is 5.73 Å². The number of aromatic nitrogens is 1. The van der Waals surface area contributed by atoms with Gasteiger partial charge >= 0.3 is 0 Å². The lowest BCUT2D eigenvalue weighted by Crippen LogP contribution is -2.35. The zero-order valence-electron chi connectivity index (χ0n) is 9.13. The van der Waals surface area contributed by atoms with Gasteiger partial charge in [0.05, 0.1) is 11.7 Å². The summed E-state index contributed by atoms with van der Waals surface area (Å²) in [5.74, 6) is 1.91. The molecule has 1 unspecified atom stereocenters. The van der Waals surface area contributed by atoms with E-state index in [-0.39, 0.29) is 16.7 Å². The van der Waals surface area contributed by atoms with Crippen LogP contribution in [0.5, 0.6) is 0 Å². The van der Waals surface area contributed by atoms with Gasteiger partial charge in [0.15, 0.2) is 5.15 Å². The molecule has 0 spiro atoms. The number of hydrogen-bond acceptors (Lipinski definition) is 3. The largest absolute Gasteiger partial charge is 0.322 e. The minimum absolute atomic E-state index is 0.122. The van der Waals surface area contributed by atoms with Crippen LogP contribution in [0.1, 0.15) is 12.0 Å². The average molecular weight is 272 g/mol. The van der Waals surface area contributed by atoms with E-state index < -0.39 is 11.9 Å². The van der Waals surface area contributed by atoms with E-state index in [0.717, 1.165) is 0 Å². The Morgan fingerprint density at radius 1 is 1.71 bits per heavy atom. The van der Waals surface area contributed by atoms with Crippen LogP contribution in [-0.2, 0) is 4.79 Å². The molecule has 0 aliphatic rings. The van der Waals surface area contributed by atoms with Crippen LogP contribution >= 0.6 is 23.2 Å². The van der Waals surface area contributed by atoms with Gasteiger partial charge in [-0.15, -0.1) is 12.3 Å². The fraction of sp³-hybridized carbons (Fsp3) is 0.273. The van der Waals surface area contributed by atoms with Crippen molar-refractivity contribution in [3.05, 3.63) is 21.9 Å². The smallest absolute Gasteiger partial charge is 0.242 e. The molecule has 1 atom stereocenters. The van der Waals surface area contributed by atoms with Crippen LogP contribution in [-0.4, -0.2) is 16.9 Å². The standard InChI is InChI=1S/C11H11Cl2N3O/c1-3-4-7(14)11(17)16-9-6(2)5-8(12)15-10(9)13/h1,5,7H,4,14H2,2H3,(H,16,17). The first-order valence-electron chi connectivity index (χ1n) is 4.78. The maximum absolute atomic E-state index is 11.6. The molecule has 0 aromatic carbocycles. The summed E-state index contributed by atoms with van der Waals surface area (Å²) in [5, 5.41) is 2.96. The Morgan fingerprint density at radius 2 is 2.35 bits per heavy atom. The van der Waals surface area contributed by atoms with E-state index in [2.05, 4.69) is 16.2 Å². The second-order valence-corrected chi connectivity index (χ2v) is 4.18. The third-order valence-corrected chi connectivity index (χ3v) is 2.53. The summed E-state index contributed by atoms with van der Waals surface area (Å²) in [4.78, 5) is 15.5. The highest BCUT2D eigenvalue weighted by Gasteiger charge is 2.16. The second-order valence-electron chi connectivity index (χ2n) is 3.43. The van der Waals surface area contributed by atoms with Crippen LogP contribution in [0.25, 0.3) is 0 Å². The van der Waals surface area contributed by atoms with E-state index in [1.807, 2.05) is 0 Å². The molecule has 6 heteroatoms. The van der Waals surface area contributed by atoms with Crippen molar-refractivity contribution >= 4 is 34.8 Å². The number of aryl methyl sites for hydroxylation is 1. The molecule has 0 aliphatic carbocycles. The lowest BCUT2D eigenvalue weighted by Gasteiger charge is -2.12. The van der Waals surface area contributed by atoms with Gasteiger partial charge < -0.3 is 11.1 Å². The molecule has 0 saturated carbocycles. The predicted molar refractivity (Wildman–Crippen MR) is 69.0 cm³/mol. The first-order chi connectivity index (χ1) is 7.95. The molecule has 17 heavy (non-hydrogen) atoms. The highest BCUT2D eigenvalue weighted by molar-refractivity contribution is 6.34. The maximum atomic E-state index is 11.6. The van der Waals surface area contributed by atoms with Crippen molar-refractivity contribution in [2.75, 3.05) is 5.32 Å². The molecule has 0 fully saturated rings. The highest BCUT2D eigenvalue weighted by atomic mass is 35.5. The average Bonchev–Trinajstić information content (AvgIpc) is 2.23. The zero-order valence-corrected chi connectivity index (χ0v) is 10.6. The van der Waals surface area contributed by atoms with Crippen molar-refractivity contribution in [3.8, 4) is 12.3 Å². The van der Waals surface area contributed by atoms with E-state index in [9.17, 15) is 4.79 Å². The van der Waals surface area contributed by atoms with Crippen LogP contribution in [0.4, 0.5) is 5.69 Å². The Labute approximate surface area is 109 Å². The quantitative estimate of drug-likeness (QED) is 0.653. The number of hydrogen-bond donors (Lipinski definition) is 2. The Morgan fingerprint density at radius 3 is 2.88 bits per heavy atom. The number of nitrogens with one attached hydrogen (secondary N) is 1. The molecular weight excluding hydrogens is 261 g/mol. The van der Waals surface area contributed by atoms with Crippen molar-refractivity contribution in [2.45, 2.75) is 19.4 Å². The van der Waals surface area contributed by atoms with Gasteiger partial charge in [-0.2, -0.15) is 0 Å². The summed E-state index contributed by atoms with van der Waals surface area (Å²) < 4.78 is 0. The van der Waals surface area contributed by atoms with Crippen molar-refractivity contribution in [3.63, 3.8) is 0 Å². The van der Waals surface area contributed by atoms with Gasteiger partial charge in [-0.1, -0.05) is 23.2 Å². The molecule has 1 aromatic rings. The molecule has 0 radical (unpaired) electrons. The summed E-state index contributed by atoms with van der Waals surface area (Å²) in [7, 11) is 0. The summed E-state index contributed by atoms with van der Waals surface area (Å²) in [6.45, 7) is 1.75. The van der Waals surface area contributed by atoms with E-state index in [1.165, 1.54) is 0 Å². The predicted octanol–water partition coefficient (Wildman–Crippen LogP) is 1.99. The minimum atomic E-state index is -0.772. The molecule has 0 aliphatic heterocycles. The number of carbonyl (C=O) groups is 1. The van der Waals surface area contributed by atoms with Gasteiger partial charge in [0.25, 0.3) is 0 Å². The van der Waals surface area contributed by atoms with Gasteiger partial charge in [0.1, 0.15) is 5.15 Å². The van der Waals surface area contributed by atoms with E-state index in [0.29, 0.717) is 11.3 Å². The van der Waals surface area contributed by atoms with Crippen LogP contribution in [0, 0.1) is 19.3 Å². The molecule has 90 valence electrons. The molecule has 1 heterocycles. The van der Waals surface area contributed by atoms with Gasteiger partial charge in [-0.3, -0.25) is 4.79 Å². The van der Waals surface area contributed by atoms with E-state index >= 15 is 0 Å². The second kappa shape index (κ2) is 5.87. The van der Waals surface area contributed by atoms with E-state index in [4.69, 9.17) is 35.4 Å². The molecule has 0 bridgehead atoms.